The van der Waals surface area contributed by atoms with E-state index in [2.05, 4.69) is 32.9 Å². The first-order chi connectivity index (χ1) is 28.5. The van der Waals surface area contributed by atoms with Gasteiger partial charge in [-0.25, -0.2) is 18.9 Å². The number of anilines is 1. The van der Waals surface area contributed by atoms with E-state index >= 15 is 4.39 Å². The van der Waals surface area contributed by atoms with E-state index < -0.39 is 11.0 Å². The fourth-order valence-corrected chi connectivity index (χ4v) is 8.02. The molecule has 60 heavy (non-hydrogen) atoms. The third-order valence-corrected chi connectivity index (χ3v) is 11.3. The molecule has 2 aliphatic heterocycles. The quantitative estimate of drug-likeness (QED) is 0.120. The number of hydrogen-bond donors (Lipinski definition) is 3. The molecule has 2 aromatic carbocycles. The van der Waals surface area contributed by atoms with Crippen molar-refractivity contribution >= 4 is 34.6 Å². The Morgan fingerprint density at radius 2 is 1.73 bits per heavy atom. The standard InChI is InChI=1S/C46H63FN8O5/c1-9-39-36(41(51-34-16-20-59-21-17-34)37-27-50-55(10-2)42(37)52-39)26-48-40(56)24-46(7,8)43(57)49-25-31-14-15-38(47)35(23-31)33-13-11-12-32(22-33)29-53-18-19-54(30(3)28-53)44(58)60-45(4,5)6/h11-15,22-23,27,30,34H,9-10,16-21,24-26,28-29H2,1-8H3,(H,48,56)(H,49,57)(H,51,52)/t30-/m0/s1. The Morgan fingerprint density at radius 3 is 2.43 bits per heavy atom. The first-order valence-corrected chi connectivity index (χ1v) is 21.4. The molecule has 2 aliphatic rings. The van der Waals surface area contributed by atoms with E-state index in [9.17, 15) is 14.4 Å². The number of hydrogen-bond acceptors (Lipinski definition) is 9. The first-order valence-electron chi connectivity index (χ1n) is 21.4. The van der Waals surface area contributed by atoms with Gasteiger partial charge in [0.05, 0.1) is 22.7 Å². The van der Waals surface area contributed by atoms with Crippen LogP contribution in [0.3, 0.4) is 0 Å². The highest BCUT2D eigenvalue weighted by Gasteiger charge is 2.32. The average molecular weight is 827 g/mol. The van der Waals surface area contributed by atoms with Crippen molar-refractivity contribution < 1.29 is 28.2 Å². The predicted molar refractivity (Wildman–Crippen MR) is 232 cm³/mol. The maximum absolute atomic E-state index is 15.3. The summed E-state index contributed by atoms with van der Waals surface area (Å²) < 4.78 is 28.4. The van der Waals surface area contributed by atoms with E-state index in [0.29, 0.717) is 57.9 Å². The Labute approximate surface area is 353 Å². The fraction of sp³-hybridized carbons (Fsp3) is 0.543. The molecule has 4 aromatic rings. The van der Waals surface area contributed by atoms with Crippen LogP contribution < -0.4 is 16.0 Å². The molecule has 1 atom stereocenters. The number of ether oxygens (including phenoxy) is 2. The summed E-state index contributed by atoms with van der Waals surface area (Å²) in [6, 6.07) is 12.9. The van der Waals surface area contributed by atoms with Crippen molar-refractivity contribution in [2.24, 2.45) is 5.41 Å². The summed E-state index contributed by atoms with van der Waals surface area (Å²) in [7, 11) is 0. The molecule has 0 spiro atoms. The molecule has 2 saturated heterocycles. The normalized spacial score (nSPS) is 16.8. The minimum atomic E-state index is -1.02. The first kappa shape index (κ1) is 44.5. The van der Waals surface area contributed by atoms with E-state index in [1.807, 2.05) is 69.8 Å². The van der Waals surface area contributed by atoms with Crippen LogP contribution in [-0.2, 0) is 51.7 Å². The highest BCUT2D eigenvalue weighted by atomic mass is 19.1. The van der Waals surface area contributed by atoms with Gasteiger partial charge in [0.1, 0.15) is 11.4 Å². The van der Waals surface area contributed by atoms with E-state index in [1.165, 1.54) is 6.07 Å². The molecule has 6 rings (SSSR count). The fourth-order valence-electron chi connectivity index (χ4n) is 8.02. The van der Waals surface area contributed by atoms with Crippen molar-refractivity contribution in [1.82, 2.24) is 35.2 Å². The number of carbonyl (C=O) groups is 3. The zero-order chi connectivity index (χ0) is 43.2. The molecule has 14 heteroatoms. The van der Waals surface area contributed by atoms with Crippen LogP contribution in [0.2, 0.25) is 0 Å². The van der Waals surface area contributed by atoms with E-state index in [1.54, 1.807) is 30.9 Å². The zero-order valence-electron chi connectivity index (χ0n) is 36.6. The molecule has 3 N–H and O–H groups in total. The molecule has 0 aliphatic carbocycles. The van der Waals surface area contributed by atoms with Gasteiger partial charge in [-0.15, -0.1) is 0 Å². The Kier molecular flexibility index (Phi) is 14.2. The number of aryl methyl sites for hydroxylation is 2. The Balaban J connectivity index is 1.06. The molecule has 2 fully saturated rings. The van der Waals surface area contributed by atoms with Gasteiger partial charge in [-0.1, -0.05) is 45.0 Å². The van der Waals surface area contributed by atoms with Crippen LogP contribution in [0, 0.1) is 11.2 Å². The lowest BCUT2D eigenvalue weighted by Crippen LogP contribution is -2.54. The number of halogens is 1. The summed E-state index contributed by atoms with van der Waals surface area (Å²) in [4.78, 5) is 48.8. The highest BCUT2D eigenvalue weighted by Crippen LogP contribution is 2.32. The lowest BCUT2D eigenvalue weighted by molar-refractivity contribution is -0.134. The molecule has 2 aromatic heterocycles. The number of pyridine rings is 1. The average Bonchev–Trinajstić information content (AvgIpc) is 3.62. The van der Waals surface area contributed by atoms with Crippen LogP contribution in [-0.4, -0.2) is 93.0 Å². The van der Waals surface area contributed by atoms with Crippen LogP contribution in [0.5, 0.6) is 0 Å². The molecule has 324 valence electrons. The third kappa shape index (κ3) is 11.0. The number of piperazine rings is 1. The molecule has 13 nitrogen and oxygen atoms in total. The van der Waals surface area contributed by atoms with Gasteiger partial charge < -0.3 is 30.3 Å². The van der Waals surface area contributed by atoms with Gasteiger partial charge in [0, 0.05) is 94.4 Å². The van der Waals surface area contributed by atoms with E-state index in [4.69, 9.17) is 14.5 Å². The van der Waals surface area contributed by atoms with Gasteiger partial charge in [0.15, 0.2) is 5.65 Å². The van der Waals surface area contributed by atoms with Crippen molar-refractivity contribution in [3.63, 3.8) is 0 Å². The van der Waals surface area contributed by atoms with Gasteiger partial charge in [-0.3, -0.25) is 14.5 Å². The van der Waals surface area contributed by atoms with Crippen molar-refractivity contribution in [2.45, 2.75) is 125 Å². The molecular formula is C46H63FN8O5. The molecule has 0 unspecified atom stereocenters. The highest BCUT2D eigenvalue weighted by molar-refractivity contribution is 5.92. The summed E-state index contributed by atoms with van der Waals surface area (Å²) in [5, 5.41) is 15.3. The number of aromatic nitrogens is 3. The molecule has 0 saturated carbocycles. The second-order valence-corrected chi connectivity index (χ2v) is 17.8. The molecule has 3 amide bonds. The number of amides is 3. The molecule has 4 heterocycles. The van der Waals surface area contributed by atoms with Crippen molar-refractivity contribution in [3.05, 3.63) is 76.9 Å². The Bertz CT molecular complexity index is 2160. The number of nitrogens with zero attached hydrogens (tertiary/aromatic N) is 5. The minimum absolute atomic E-state index is 0.0110. The van der Waals surface area contributed by atoms with Crippen molar-refractivity contribution in [2.75, 3.05) is 38.2 Å². The summed E-state index contributed by atoms with van der Waals surface area (Å²) >= 11 is 0. The number of nitrogens with one attached hydrogen (secondary N) is 3. The van der Waals surface area contributed by atoms with Crippen LogP contribution >= 0.6 is 0 Å². The van der Waals surface area contributed by atoms with E-state index in [-0.39, 0.29) is 55.3 Å². The predicted octanol–water partition coefficient (Wildman–Crippen LogP) is 7.20. The number of fused-ring (bicyclic) bond motifs is 1. The summed E-state index contributed by atoms with van der Waals surface area (Å²) in [5.41, 5.74) is 4.96. The minimum Gasteiger partial charge on any atom is -0.444 e. The maximum Gasteiger partial charge on any atom is 0.410 e. The number of rotatable bonds is 14. The molecule has 0 bridgehead atoms. The monoisotopic (exact) mass is 826 g/mol. The summed E-state index contributed by atoms with van der Waals surface area (Å²) in [6.45, 7) is 20.4. The van der Waals surface area contributed by atoms with Gasteiger partial charge in [0.2, 0.25) is 11.8 Å². The Hall–Kier alpha value is -5.08. The van der Waals surface area contributed by atoms with Crippen LogP contribution in [0.1, 0.15) is 97.0 Å². The van der Waals surface area contributed by atoms with Crippen LogP contribution in [0.15, 0.2) is 48.7 Å². The van der Waals surface area contributed by atoms with Gasteiger partial charge in [0.25, 0.3) is 0 Å². The van der Waals surface area contributed by atoms with Crippen LogP contribution in [0.4, 0.5) is 14.9 Å². The Morgan fingerprint density at radius 1 is 0.967 bits per heavy atom. The number of carbonyl (C=O) groups excluding carboxylic acids is 3. The molecule has 0 radical (unpaired) electrons. The topological polar surface area (TPSA) is 143 Å². The summed E-state index contributed by atoms with van der Waals surface area (Å²) in [5.74, 6) is -0.885. The smallest absolute Gasteiger partial charge is 0.410 e. The summed E-state index contributed by atoms with van der Waals surface area (Å²) in [6.07, 6.45) is 3.96. The second kappa shape index (κ2) is 19.1. The van der Waals surface area contributed by atoms with Crippen molar-refractivity contribution in [1.29, 1.82) is 0 Å². The maximum atomic E-state index is 15.3. The van der Waals surface area contributed by atoms with Crippen molar-refractivity contribution in [3.8, 4) is 11.1 Å². The largest absolute Gasteiger partial charge is 0.444 e. The van der Waals surface area contributed by atoms with E-state index in [0.717, 1.165) is 57.5 Å². The van der Waals surface area contributed by atoms with Gasteiger partial charge in [-0.05, 0) is 88.8 Å². The third-order valence-electron chi connectivity index (χ3n) is 11.3. The molecular weight excluding hydrogens is 764 g/mol. The SMILES string of the molecule is CCc1nc2c(cnn2CC)c(NC2CCOCC2)c1CNC(=O)CC(C)(C)C(=O)NCc1ccc(F)c(-c2cccc(CN3CCN(C(=O)OC(C)(C)C)[C@@H](C)C3)c2)c1. The number of benzene rings is 2. The van der Waals surface area contributed by atoms with Crippen LogP contribution in [0.25, 0.3) is 22.2 Å². The second-order valence-electron chi connectivity index (χ2n) is 17.8. The zero-order valence-corrected chi connectivity index (χ0v) is 36.6. The van der Waals surface area contributed by atoms with Gasteiger partial charge in [-0.2, -0.15) is 5.10 Å². The lowest BCUT2D eigenvalue weighted by atomic mass is 9.87. The lowest BCUT2D eigenvalue weighted by Gasteiger charge is -2.40. The van der Waals surface area contributed by atoms with Gasteiger partial charge >= 0.3 is 6.09 Å².